The minimum Gasteiger partial charge on any atom is -0.343 e. The molecule has 1 aromatic rings. The van der Waals surface area contributed by atoms with Gasteiger partial charge in [-0.1, -0.05) is 6.07 Å². The van der Waals surface area contributed by atoms with Gasteiger partial charge in [0, 0.05) is 0 Å². The van der Waals surface area contributed by atoms with Crippen LogP contribution in [-0.4, -0.2) is 5.97 Å². The van der Waals surface area contributed by atoms with Gasteiger partial charge in [0.2, 0.25) is 0 Å². The summed E-state index contributed by atoms with van der Waals surface area (Å²) in [7, 11) is 0. The fourth-order valence-electron chi connectivity index (χ4n) is 0.882. The standard InChI is InChI=1S/C8H5ClF2O2/c1-4-2-3-5(10)6(7(4)11)8(12)13-9/h2-3H,1H3. The van der Waals surface area contributed by atoms with Crippen LogP contribution in [0, 0.1) is 18.6 Å². The topological polar surface area (TPSA) is 26.3 Å². The molecule has 0 amide bonds. The molecule has 0 radical (unpaired) electrons. The SMILES string of the molecule is Cc1ccc(F)c(C(=O)OCl)c1F. The summed E-state index contributed by atoms with van der Waals surface area (Å²) < 4.78 is 29.7. The predicted octanol–water partition coefficient (Wildman–Crippen LogP) is 2.58. The molecular formula is C8H5ClF2O2. The van der Waals surface area contributed by atoms with E-state index in [-0.39, 0.29) is 5.56 Å². The monoisotopic (exact) mass is 206 g/mol. The van der Waals surface area contributed by atoms with Gasteiger partial charge in [-0.05, 0) is 18.6 Å². The second kappa shape index (κ2) is 3.70. The highest BCUT2D eigenvalue weighted by Gasteiger charge is 2.20. The molecule has 0 spiro atoms. The lowest BCUT2D eigenvalue weighted by Crippen LogP contribution is -2.06. The zero-order chi connectivity index (χ0) is 10.0. The van der Waals surface area contributed by atoms with Crippen LogP contribution in [0.2, 0.25) is 0 Å². The van der Waals surface area contributed by atoms with Gasteiger partial charge in [-0.2, -0.15) is 0 Å². The number of hydrogen-bond acceptors (Lipinski definition) is 2. The first-order valence-corrected chi connectivity index (χ1v) is 3.66. The molecule has 0 heterocycles. The summed E-state index contributed by atoms with van der Waals surface area (Å²) in [5.41, 5.74) is -0.617. The molecular weight excluding hydrogens is 202 g/mol. The largest absolute Gasteiger partial charge is 0.362 e. The number of hydrogen-bond donors (Lipinski definition) is 0. The maximum atomic E-state index is 13.1. The summed E-state index contributed by atoms with van der Waals surface area (Å²) in [6, 6.07) is 2.19. The Hall–Kier alpha value is -1.16. The van der Waals surface area contributed by atoms with E-state index >= 15 is 0 Å². The van der Waals surface area contributed by atoms with Crippen LogP contribution >= 0.6 is 11.9 Å². The van der Waals surface area contributed by atoms with E-state index in [0.717, 1.165) is 6.07 Å². The highest BCUT2D eigenvalue weighted by atomic mass is 35.5. The van der Waals surface area contributed by atoms with E-state index in [0.29, 0.717) is 0 Å². The van der Waals surface area contributed by atoms with Crippen molar-refractivity contribution in [2.45, 2.75) is 6.92 Å². The Morgan fingerprint density at radius 1 is 1.46 bits per heavy atom. The third-order valence-corrected chi connectivity index (χ3v) is 1.70. The molecule has 0 aliphatic carbocycles. The molecule has 0 atom stereocenters. The van der Waals surface area contributed by atoms with Gasteiger partial charge in [0.15, 0.2) is 0 Å². The van der Waals surface area contributed by atoms with Crippen LogP contribution < -0.4 is 0 Å². The van der Waals surface area contributed by atoms with Crippen LogP contribution in [0.3, 0.4) is 0 Å². The van der Waals surface area contributed by atoms with Gasteiger partial charge < -0.3 is 4.29 Å². The van der Waals surface area contributed by atoms with Crippen molar-refractivity contribution in [2.24, 2.45) is 0 Å². The summed E-state index contributed by atoms with van der Waals surface area (Å²) in [5, 5.41) is 0. The number of carbonyl (C=O) groups excluding carboxylic acids is 1. The lowest BCUT2D eigenvalue weighted by Gasteiger charge is -2.02. The quantitative estimate of drug-likeness (QED) is 0.706. The molecule has 1 aromatic carbocycles. The van der Waals surface area contributed by atoms with E-state index < -0.39 is 23.2 Å². The van der Waals surface area contributed by atoms with E-state index in [4.69, 9.17) is 11.9 Å². The van der Waals surface area contributed by atoms with Crippen LogP contribution in [0.4, 0.5) is 8.78 Å². The number of aryl methyl sites for hydroxylation is 1. The average Bonchev–Trinajstić information content (AvgIpc) is 2.12. The summed E-state index contributed by atoms with van der Waals surface area (Å²) >= 11 is 4.70. The molecule has 70 valence electrons. The van der Waals surface area contributed by atoms with E-state index in [1.807, 2.05) is 0 Å². The maximum absolute atomic E-state index is 13.1. The van der Waals surface area contributed by atoms with Crippen molar-refractivity contribution in [3.05, 3.63) is 34.9 Å². The van der Waals surface area contributed by atoms with Gasteiger partial charge in [-0.3, -0.25) is 0 Å². The van der Waals surface area contributed by atoms with Gasteiger partial charge >= 0.3 is 5.97 Å². The Morgan fingerprint density at radius 2 is 2.08 bits per heavy atom. The molecule has 0 bridgehead atoms. The van der Waals surface area contributed by atoms with E-state index in [1.165, 1.54) is 13.0 Å². The smallest absolute Gasteiger partial charge is 0.343 e. The summed E-state index contributed by atoms with van der Waals surface area (Å²) in [5.74, 6) is -3.18. The Labute approximate surface area is 78.2 Å². The van der Waals surface area contributed by atoms with Gasteiger partial charge in [-0.15, -0.1) is 0 Å². The molecule has 0 aliphatic rings. The molecule has 0 fully saturated rings. The van der Waals surface area contributed by atoms with Crippen molar-refractivity contribution >= 4 is 17.8 Å². The third-order valence-electron chi connectivity index (χ3n) is 1.56. The van der Waals surface area contributed by atoms with E-state index in [1.54, 1.807) is 0 Å². The van der Waals surface area contributed by atoms with Crippen molar-refractivity contribution in [2.75, 3.05) is 0 Å². The van der Waals surface area contributed by atoms with Crippen LogP contribution in [-0.2, 0) is 4.29 Å². The van der Waals surface area contributed by atoms with Crippen molar-refractivity contribution in [3.8, 4) is 0 Å². The molecule has 0 N–H and O–H groups in total. The molecule has 2 nitrogen and oxygen atoms in total. The molecule has 0 aromatic heterocycles. The Morgan fingerprint density at radius 3 is 2.62 bits per heavy atom. The molecule has 5 heteroatoms. The fraction of sp³-hybridized carbons (Fsp3) is 0.125. The molecule has 0 saturated carbocycles. The normalized spacial score (nSPS) is 9.85. The highest BCUT2D eigenvalue weighted by molar-refractivity contribution is 6.15. The van der Waals surface area contributed by atoms with Crippen LogP contribution in [0.25, 0.3) is 0 Å². The first-order chi connectivity index (χ1) is 6.07. The number of rotatable bonds is 1. The maximum Gasteiger partial charge on any atom is 0.362 e. The summed E-state index contributed by atoms with van der Waals surface area (Å²) in [6.07, 6.45) is 0. The third kappa shape index (κ3) is 1.78. The Kier molecular flexibility index (Phi) is 2.83. The minimum absolute atomic E-state index is 0.151. The lowest BCUT2D eigenvalue weighted by molar-refractivity contribution is 0.0741. The Bertz CT molecular complexity index is 352. The molecule has 0 aliphatic heterocycles. The van der Waals surface area contributed by atoms with Gasteiger partial charge in [-0.25, -0.2) is 13.6 Å². The van der Waals surface area contributed by atoms with Crippen molar-refractivity contribution in [1.29, 1.82) is 0 Å². The molecule has 1 rings (SSSR count). The molecule has 0 unspecified atom stereocenters. The molecule has 13 heavy (non-hydrogen) atoms. The van der Waals surface area contributed by atoms with Crippen LogP contribution in [0.15, 0.2) is 12.1 Å². The van der Waals surface area contributed by atoms with Crippen molar-refractivity contribution in [1.82, 2.24) is 0 Å². The first kappa shape index (κ1) is 9.92. The Balaban J connectivity index is 3.33. The van der Waals surface area contributed by atoms with E-state index in [9.17, 15) is 13.6 Å². The number of carbonyl (C=O) groups is 1. The van der Waals surface area contributed by atoms with Crippen molar-refractivity contribution < 1.29 is 17.9 Å². The first-order valence-electron chi connectivity index (χ1n) is 3.35. The second-order valence-corrected chi connectivity index (χ2v) is 2.57. The average molecular weight is 207 g/mol. The highest BCUT2D eigenvalue weighted by Crippen LogP contribution is 2.17. The van der Waals surface area contributed by atoms with Gasteiger partial charge in [0.25, 0.3) is 0 Å². The fourth-order valence-corrected chi connectivity index (χ4v) is 0.960. The number of benzene rings is 1. The van der Waals surface area contributed by atoms with Crippen LogP contribution in [0.1, 0.15) is 15.9 Å². The van der Waals surface area contributed by atoms with Gasteiger partial charge in [0.1, 0.15) is 29.1 Å². The molecule has 0 saturated heterocycles. The minimum atomic E-state index is -1.24. The number of halogens is 3. The van der Waals surface area contributed by atoms with Crippen molar-refractivity contribution in [3.63, 3.8) is 0 Å². The second-order valence-electron chi connectivity index (χ2n) is 2.42. The van der Waals surface area contributed by atoms with E-state index in [2.05, 4.69) is 4.29 Å². The predicted molar refractivity (Wildman–Crippen MR) is 42.4 cm³/mol. The zero-order valence-electron chi connectivity index (χ0n) is 6.61. The van der Waals surface area contributed by atoms with Crippen LogP contribution in [0.5, 0.6) is 0 Å². The summed E-state index contributed by atoms with van der Waals surface area (Å²) in [6.45, 7) is 1.40. The lowest BCUT2D eigenvalue weighted by atomic mass is 10.1. The van der Waals surface area contributed by atoms with Gasteiger partial charge in [0.05, 0.1) is 0 Å². The summed E-state index contributed by atoms with van der Waals surface area (Å²) in [4.78, 5) is 10.8. The zero-order valence-corrected chi connectivity index (χ0v) is 7.36.